The third kappa shape index (κ3) is 7.74. The number of nitrogens with one attached hydrogen (secondary N) is 2. The lowest BCUT2D eigenvalue weighted by Gasteiger charge is -2.19. The zero-order valence-electron chi connectivity index (χ0n) is 21.3. The highest BCUT2D eigenvalue weighted by Crippen LogP contribution is 2.32. The Hall–Kier alpha value is -3.52. The van der Waals surface area contributed by atoms with Crippen LogP contribution < -0.4 is 10.0 Å². The van der Waals surface area contributed by atoms with E-state index >= 15 is 0 Å². The summed E-state index contributed by atoms with van der Waals surface area (Å²) in [5, 5.41) is 7.76. The van der Waals surface area contributed by atoms with Gasteiger partial charge in [0.1, 0.15) is 5.60 Å². The summed E-state index contributed by atoms with van der Waals surface area (Å²) in [6.45, 7) is 7.04. The molecule has 0 aliphatic carbocycles. The van der Waals surface area contributed by atoms with Crippen molar-refractivity contribution in [3.05, 3.63) is 69.3 Å². The molecule has 1 heterocycles. The topological polar surface area (TPSA) is 119 Å². The molecule has 2 amide bonds. The average Bonchev–Trinajstić information content (AvgIpc) is 3.12. The number of amides is 2. The molecule has 12 heteroatoms. The number of hydrogen-bond acceptors (Lipinski definition) is 6. The number of carbonyl (C=O) groups excluding carboxylic acids is 2. The van der Waals surface area contributed by atoms with Crippen LogP contribution in [0.3, 0.4) is 0 Å². The molecular weight excluding hydrogens is 551 g/mol. The van der Waals surface area contributed by atoms with E-state index in [1.807, 2.05) is 4.72 Å². The van der Waals surface area contributed by atoms with Crippen LogP contribution in [-0.2, 0) is 14.8 Å². The first kappa shape index (κ1) is 29.0. The number of ether oxygens (including phenoxy) is 1. The summed E-state index contributed by atoms with van der Waals surface area (Å²) in [6, 6.07) is 11.9. The second-order valence-electron chi connectivity index (χ2n) is 9.27. The van der Waals surface area contributed by atoms with Gasteiger partial charge in [0.05, 0.1) is 29.2 Å². The van der Waals surface area contributed by atoms with E-state index in [9.17, 15) is 18.0 Å². The maximum absolute atomic E-state index is 12.7. The van der Waals surface area contributed by atoms with Gasteiger partial charge in [-0.3, -0.25) is 4.79 Å². The van der Waals surface area contributed by atoms with Gasteiger partial charge in [0.15, 0.2) is 5.69 Å². The number of carbonyl (C=O) groups is 2. The summed E-state index contributed by atoms with van der Waals surface area (Å²) < 4.78 is 31.9. The number of rotatable bonds is 5. The Morgan fingerprint density at radius 3 is 2.34 bits per heavy atom. The highest BCUT2D eigenvalue weighted by molar-refractivity contribution is 7.89. The SMILES string of the molecule is Cc1c(C(=O)NS(C)(=O)=O)nn(-c2ccc(C#CCNC(=O)OC(C)(C)C)cc2Cl)c1-c1ccc(Cl)cc1. The lowest BCUT2D eigenvalue weighted by atomic mass is 10.1. The van der Waals surface area contributed by atoms with Crippen molar-refractivity contribution in [2.75, 3.05) is 12.8 Å². The van der Waals surface area contributed by atoms with Gasteiger partial charge < -0.3 is 10.1 Å². The van der Waals surface area contributed by atoms with E-state index in [1.165, 1.54) is 4.68 Å². The number of sulfonamides is 1. The summed E-state index contributed by atoms with van der Waals surface area (Å²) in [6.07, 6.45) is 0.316. The molecule has 0 spiro atoms. The van der Waals surface area contributed by atoms with Crippen molar-refractivity contribution in [1.82, 2.24) is 19.8 Å². The van der Waals surface area contributed by atoms with E-state index in [-0.39, 0.29) is 17.3 Å². The molecule has 1 aromatic heterocycles. The van der Waals surface area contributed by atoms with Crippen molar-refractivity contribution in [1.29, 1.82) is 0 Å². The molecule has 0 aliphatic heterocycles. The van der Waals surface area contributed by atoms with Gasteiger partial charge in [-0.15, -0.1) is 0 Å². The molecule has 0 atom stereocenters. The van der Waals surface area contributed by atoms with Gasteiger partial charge >= 0.3 is 6.09 Å². The van der Waals surface area contributed by atoms with Crippen LogP contribution >= 0.6 is 23.2 Å². The minimum Gasteiger partial charge on any atom is -0.444 e. The number of halogens is 2. The summed E-state index contributed by atoms with van der Waals surface area (Å²) in [5.41, 5.74) is 2.00. The van der Waals surface area contributed by atoms with Crippen LogP contribution in [0.2, 0.25) is 10.0 Å². The largest absolute Gasteiger partial charge is 0.444 e. The monoisotopic (exact) mass is 576 g/mol. The third-order valence-corrected chi connectivity index (χ3v) is 5.97. The minimum atomic E-state index is -3.81. The quantitative estimate of drug-likeness (QED) is 0.424. The molecule has 38 heavy (non-hydrogen) atoms. The summed E-state index contributed by atoms with van der Waals surface area (Å²) in [4.78, 5) is 24.4. The maximum Gasteiger partial charge on any atom is 0.408 e. The summed E-state index contributed by atoms with van der Waals surface area (Å²) >= 11 is 12.6. The van der Waals surface area contributed by atoms with Crippen LogP contribution in [0, 0.1) is 18.8 Å². The van der Waals surface area contributed by atoms with Crippen LogP contribution in [0.1, 0.15) is 42.4 Å². The smallest absolute Gasteiger partial charge is 0.408 e. The van der Waals surface area contributed by atoms with Gasteiger partial charge in [-0.25, -0.2) is 22.6 Å². The molecule has 3 aromatic rings. The lowest BCUT2D eigenvalue weighted by molar-refractivity contribution is 0.0535. The van der Waals surface area contributed by atoms with E-state index in [1.54, 1.807) is 70.2 Å². The Morgan fingerprint density at radius 2 is 1.76 bits per heavy atom. The molecule has 2 aromatic carbocycles. The van der Waals surface area contributed by atoms with Crippen molar-refractivity contribution in [3.63, 3.8) is 0 Å². The minimum absolute atomic E-state index is 0.0754. The predicted octanol–water partition coefficient (Wildman–Crippen LogP) is 4.72. The fourth-order valence-electron chi connectivity index (χ4n) is 3.38. The fourth-order valence-corrected chi connectivity index (χ4v) is 4.20. The number of hydrogen-bond donors (Lipinski definition) is 2. The number of nitrogens with zero attached hydrogens (tertiary/aromatic N) is 2. The summed E-state index contributed by atoms with van der Waals surface area (Å²) in [5.74, 6) is 4.88. The van der Waals surface area contributed by atoms with Crippen LogP contribution in [-0.4, -0.2) is 48.6 Å². The molecule has 200 valence electrons. The van der Waals surface area contributed by atoms with Crippen molar-refractivity contribution >= 4 is 45.2 Å². The van der Waals surface area contributed by atoms with E-state index < -0.39 is 27.6 Å². The molecular formula is C26H26Cl2N4O5S. The zero-order chi connectivity index (χ0) is 28.3. The van der Waals surface area contributed by atoms with Crippen LogP contribution in [0.15, 0.2) is 42.5 Å². The molecule has 0 radical (unpaired) electrons. The lowest BCUT2D eigenvalue weighted by Crippen LogP contribution is -2.32. The van der Waals surface area contributed by atoms with E-state index in [4.69, 9.17) is 27.9 Å². The highest BCUT2D eigenvalue weighted by atomic mass is 35.5. The van der Waals surface area contributed by atoms with Crippen molar-refractivity contribution < 1.29 is 22.7 Å². The van der Waals surface area contributed by atoms with Gasteiger partial charge in [-0.05, 0) is 58.0 Å². The molecule has 0 unspecified atom stereocenters. The molecule has 0 bridgehead atoms. The Kier molecular flexibility index (Phi) is 8.77. The molecule has 0 fully saturated rings. The maximum atomic E-state index is 12.7. The Labute approximate surface area is 231 Å². The molecule has 3 rings (SSSR count). The Bertz CT molecular complexity index is 1550. The molecule has 0 saturated carbocycles. The fraction of sp³-hybridized carbons (Fsp3) is 0.269. The zero-order valence-corrected chi connectivity index (χ0v) is 23.7. The molecule has 0 aliphatic rings. The summed E-state index contributed by atoms with van der Waals surface area (Å²) in [7, 11) is -3.81. The molecule has 9 nitrogen and oxygen atoms in total. The normalized spacial score (nSPS) is 11.3. The van der Waals surface area contributed by atoms with Gasteiger partial charge in [0.2, 0.25) is 10.0 Å². The van der Waals surface area contributed by atoms with Crippen LogP contribution in [0.4, 0.5) is 4.79 Å². The standard InChI is InChI=1S/C26H26Cl2N4O5S/c1-16-22(24(33)31-38(5,35)36)30-32(23(16)18-9-11-19(27)12-10-18)21-13-8-17(15-20(21)28)7-6-14-29-25(34)37-26(2,3)4/h8-13,15H,14H2,1-5H3,(H,29,34)(H,31,33). The number of alkyl carbamates (subject to hydrolysis) is 1. The van der Waals surface area contributed by atoms with Crippen molar-refractivity contribution in [2.24, 2.45) is 0 Å². The first-order chi connectivity index (χ1) is 17.6. The van der Waals surface area contributed by atoms with Gasteiger partial charge in [0.25, 0.3) is 5.91 Å². The van der Waals surface area contributed by atoms with Crippen molar-refractivity contribution in [2.45, 2.75) is 33.3 Å². The second-order valence-corrected chi connectivity index (χ2v) is 11.9. The van der Waals surface area contributed by atoms with Crippen molar-refractivity contribution in [3.8, 4) is 28.8 Å². The number of benzene rings is 2. The second kappa shape index (κ2) is 11.5. The van der Waals surface area contributed by atoms with Gasteiger partial charge in [-0.2, -0.15) is 5.10 Å². The van der Waals surface area contributed by atoms with E-state index in [0.29, 0.717) is 33.1 Å². The molecule has 2 N–H and O–H groups in total. The predicted molar refractivity (Wildman–Crippen MR) is 147 cm³/mol. The van der Waals surface area contributed by atoms with E-state index in [0.717, 1.165) is 6.26 Å². The first-order valence-corrected chi connectivity index (χ1v) is 13.9. The Morgan fingerprint density at radius 1 is 1.11 bits per heavy atom. The van der Waals surface area contributed by atoms with Crippen LogP contribution in [0.5, 0.6) is 0 Å². The first-order valence-electron chi connectivity index (χ1n) is 11.3. The van der Waals surface area contributed by atoms with E-state index in [2.05, 4.69) is 22.3 Å². The highest BCUT2D eigenvalue weighted by Gasteiger charge is 2.24. The molecule has 0 saturated heterocycles. The Balaban J connectivity index is 1.96. The van der Waals surface area contributed by atoms with Gasteiger partial charge in [-0.1, -0.05) is 47.2 Å². The number of aromatic nitrogens is 2. The van der Waals surface area contributed by atoms with Crippen LogP contribution in [0.25, 0.3) is 16.9 Å². The van der Waals surface area contributed by atoms with Gasteiger partial charge in [0, 0.05) is 21.7 Å². The average molecular weight is 577 g/mol. The third-order valence-electron chi connectivity index (χ3n) is 4.86.